The van der Waals surface area contributed by atoms with Gasteiger partial charge in [0.2, 0.25) is 0 Å². The predicted molar refractivity (Wildman–Crippen MR) is 88.0 cm³/mol. The number of rotatable bonds is 2. The monoisotopic (exact) mass is 393 g/mol. The van der Waals surface area contributed by atoms with Gasteiger partial charge >= 0.3 is 0 Å². The molecule has 0 fully saturated rings. The molecule has 1 aromatic carbocycles. The molecule has 0 radical (unpaired) electrons. The number of nitrogens with one attached hydrogen (secondary N) is 1. The van der Waals surface area contributed by atoms with Crippen LogP contribution in [0.3, 0.4) is 0 Å². The lowest BCUT2D eigenvalue weighted by atomic mass is 10.1. The van der Waals surface area contributed by atoms with E-state index in [0.29, 0.717) is 26.5 Å². The van der Waals surface area contributed by atoms with Crippen molar-refractivity contribution < 1.29 is 4.52 Å². The summed E-state index contributed by atoms with van der Waals surface area (Å²) in [4.78, 5) is 19.6. The molecule has 0 atom stereocenters. The lowest BCUT2D eigenvalue weighted by Crippen LogP contribution is -2.14. The van der Waals surface area contributed by atoms with Gasteiger partial charge in [0.05, 0.1) is 17.0 Å². The highest BCUT2D eigenvalue weighted by Crippen LogP contribution is 2.26. The second-order valence-electron chi connectivity index (χ2n) is 4.64. The predicted octanol–water partition coefficient (Wildman–Crippen LogP) is 3.31. The second kappa shape index (κ2) is 5.44. The fraction of sp³-hybridized carbons (Fsp3) is 0.133. The van der Waals surface area contributed by atoms with Crippen molar-refractivity contribution in [2.75, 3.05) is 0 Å². The van der Waals surface area contributed by atoms with E-state index in [1.165, 1.54) is 0 Å². The van der Waals surface area contributed by atoms with E-state index in [1.54, 1.807) is 6.92 Å². The van der Waals surface area contributed by atoms with Crippen LogP contribution in [0.15, 0.2) is 39.6 Å². The molecule has 0 unspecified atom stereocenters. The molecule has 0 spiro atoms. The quantitative estimate of drug-likeness (QED) is 0.679. The van der Waals surface area contributed by atoms with Crippen LogP contribution in [0.5, 0.6) is 0 Å². The Hall–Kier alpha value is -1.96. The Balaban J connectivity index is 2.27. The van der Waals surface area contributed by atoms with Crippen LogP contribution in [0.4, 0.5) is 0 Å². The van der Waals surface area contributed by atoms with E-state index < -0.39 is 0 Å². The SMILES string of the molecule is Cc1noc(C)c1-c1nc(-c2ccccc2)c(I)c(=O)[nH]1. The minimum Gasteiger partial charge on any atom is -0.361 e. The van der Waals surface area contributed by atoms with Gasteiger partial charge in [0, 0.05) is 5.56 Å². The van der Waals surface area contributed by atoms with Crippen LogP contribution >= 0.6 is 22.6 Å². The minimum absolute atomic E-state index is 0.167. The first-order valence-corrected chi connectivity index (χ1v) is 7.44. The number of aromatic amines is 1. The molecule has 0 aliphatic carbocycles. The van der Waals surface area contributed by atoms with E-state index in [2.05, 4.69) is 15.1 Å². The van der Waals surface area contributed by atoms with E-state index in [4.69, 9.17) is 4.52 Å². The molecule has 2 heterocycles. The minimum atomic E-state index is -0.167. The summed E-state index contributed by atoms with van der Waals surface area (Å²) in [6.07, 6.45) is 0. The molecule has 0 saturated heterocycles. The highest BCUT2D eigenvalue weighted by Gasteiger charge is 2.17. The van der Waals surface area contributed by atoms with E-state index in [1.807, 2.05) is 59.8 Å². The average molecular weight is 393 g/mol. The third kappa shape index (κ3) is 2.51. The Labute approximate surface area is 134 Å². The zero-order valence-corrected chi connectivity index (χ0v) is 13.6. The molecule has 3 aromatic rings. The van der Waals surface area contributed by atoms with Gasteiger partial charge in [-0.15, -0.1) is 0 Å². The third-order valence-corrected chi connectivity index (χ3v) is 4.18. The van der Waals surface area contributed by atoms with Gasteiger partial charge in [0.25, 0.3) is 5.56 Å². The second-order valence-corrected chi connectivity index (χ2v) is 5.72. The molecular weight excluding hydrogens is 381 g/mol. The molecule has 1 N–H and O–H groups in total. The number of H-pyrrole nitrogens is 1. The lowest BCUT2D eigenvalue weighted by Gasteiger charge is -2.06. The first-order valence-electron chi connectivity index (χ1n) is 6.36. The van der Waals surface area contributed by atoms with Gasteiger partial charge in [-0.25, -0.2) is 4.98 Å². The molecular formula is C15H12IN3O2. The summed E-state index contributed by atoms with van der Waals surface area (Å²) < 4.78 is 5.72. The summed E-state index contributed by atoms with van der Waals surface area (Å²) in [5, 5.41) is 3.91. The fourth-order valence-electron chi connectivity index (χ4n) is 2.19. The lowest BCUT2D eigenvalue weighted by molar-refractivity contribution is 0.393. The first kappa shape index (κ1) is 14.0. The molecule has 2 aromatic heterocycles. The molecule has 5 nitrogen and oxygen atoms in total. The summed E-state index contributed by atoms with van der Waals surface area (Å²) in [5.74, 6) is 1.12. The number of aromatic nitrogens is 3. The summed E-state index contributed by atoms with van der Waals surface area (Å²) in [5.41, 5.74) is 2.84. The normalized spacial score (nSPS) is 10.8. The third-order valence-electron chi connectivity index (χ3n) is 3.18. The largest absolute Gasteiger partial charge is 0.361 e. The van der Waals surface area contributed by atoms with Crippen molar-refractivity contribution in [1.82, 2.24) is 15.1 Å². The Kier molecular flexibility index (Phi) is 3.62. The summed E-state index contributed by atoms with van der Waals surface area (Å²) in [7, 11) is 0. The standard InChI is InChI=1S/C15H12IN3O2/c1-8-11(9(2)21-19-8)14-17-13(12(16)15(20)18-14)10-6-4-3-5-7-10/h3-7H,1-2H3,(H,17,18,20). The highest BCUT2D eigenvalue weighted by atomic mass is 127. The summed E-state index contributed by atoms with van der Waals surface area (Å²) in [6, 6.07) is 9.63. The molecule has 106 valence electrons. The van der Waals surface area contributed by atoms with Crippen LogP contribution < -0.4 is 5.56 Å². The molecule has 0 amide bonds. The maximum absolute atomic E-state index is 12.2. The van der Waals surface area contributed by atoms with Gasteiger partial charge in [-0.05, 0) is 36.4 Å². The maximum atomic E-state index is 12.2. The van der Waals surface area contributed by atoms with E-state index in [9.17, 15) is 4.79 Å². The smallest absolute Gasteiger partial charge is 0.265 e. The summed E-state index contributed by atoms with van der Waals surface area (Å²) >= 11 is 2.02. The van der Waals surface area contributed by atoms with Crippen LogP contribution in [0.25, 0.3) is 22.6 Å². The van der Waals surface area contributed by atoms with Gasteiger partial charge in [-0.1, -0.05) is 35.5 Å². The van der Waals surface area contributed by atoms with Gasteiger partial charge in [0.15, 0.2) is 0 Å². The first-order chi connectivity index (χ1) is 10.1. The molecule has 0 aliphatic rings. The van der Waals surface area contributed by atoms with Crippen LogP contribution in [0.2, 0.25) is 0 Å². The molecule has 0 saturated carbocycles. The van der Waals surface area contributed by atoms with Gasteiger partial charge in [-0.2, -0.15) is 0 Å². The van der Waals surface area contributed by atoms with E-state index in [0.717, 1.165) is 11.1 Å². The number of halogens is 1. The topological polar surface area (TPSA) is 71.8 Å². The van der Waals surface area contributed by atoms with E-state index >= 15 is 0 Å². The number of hydrogen-bond acceptors (Lipinski definition) is 4. The number of benzene rings is 1. The average Bonchev–Trinajstić information content (AvgIpc) is 2.82. The van der Waals surface area contributed by atoms with Gasteiger partial charge in [-0.3, -0.25) is 4.79 Å². The molecule has 0 aliphatic heterocycles. The van der Waals surface area contributed by atoms with Crippen molar-refractivity contribution in [1.29, 1.82) is 0 Å². The van der Waals surface area contributed by atoms with Crippen molar-refractivity contribution in [3.05, 3.63) is 55.7 Å². The van der Waals surface area contributed by atoms with Crippen LogP contribution in [-0.4, -0.2) is 15.1 Å². The van der Waals surface area contributed by atoms with Crippen molar-refractivity contribution in [3.63, 3.8) is 0 Å². The van der Waals surface area contributed by atoms with Crippen molar-refractivity contribution in [2.24, 2.45) is 0 Å². The van der Waals surface area contributed by atoms with Crippen molar-refractivity contribution >= 4 is 22.6 Å². The maximum Gasteiger partial charge on any atom is 0.265 e. The molecule has 6 heteroatoms. The van der Waals surface area contributed by atoms with Crippen LogP contribution in [0.1, 0.15) is 11.5 Å². The molecule has 3 rings (SSSR count). The van der Waals surface area contributed by atoms with Crippen LogP contribution in [-0.2, 0) is 0 Å². The zero-order valence-electron chi connectivity index (χ0n) is 11.5. The fourth-order valence-corrected chi connectivity index (χ4v) is 2.75. The number of aryl methyl sites for hydroxylation is 2. The van der Waals surface area contributed by atoms with Gasteiger partial charge < -0.3 is 9.51 Å². The Morgan fingerprint density at radius 3 is 2.52 bits per heavy atom. The Morgan fingerprint density at radius 1 is 1.19 bits per heavy atom. The molecule has 0 bridgehead atoms. The Bertz CT molecular complexity index is 834. The Morgan fingerprint density at radius 2 is 1.90 bits per heavy atom. The molecule has 21 heavy (non-hydrogen) atoms. The van der Waals surface area contributed by atoms with E-state index in [-0.39, 0.29) is 5.56 Å². The zero-order chi connectivity index (χ0) is 15.0. The number of hydrogen-bond donors (Lipinski definition) is 1. The highest BCUT2D eigenvalue weighted by molar-refractivity contribution is 14.1. The summed E-state index contributed by atoms with van der Waals surface area (Å²) in [6.45, 7) is 3.63. The van der Waals surface area contributed by atoms with Gasteiger partial charge in [0.1, 0.15) is 15.2 Å². The van der Waals surface area contributed by atoms with Crippen LogP contribution in [0, 0.1) is 17.4 Å². The van der Waals surface area contributed by atoms with Crippen molar-refractivity contribution in [2.45, 2.75) is 13.8 Å². The number of nitrogens with zero attached hydrogens (tertiary/aromatic N) is 2. The van der Waals surface area contributed by atoms with Crippen molar-refractivity contribution in [3.8, 4) is 22.6 Å².